The molecule has 1 aliphatic heterocycles. The fourth-order valence-electron chi connectivity index (χ4n) is 5.13. The van der Waals surface area contributed by atoms with Crippen molar-refractivity contribution in [2.45, 2.75) is 52.3 Å². The Balaban J connectivity index is 1.78. The molecule has 0 saturated carbocycles. The maximum Gasteiger partial charge on any atom is 0.419 e. The Morgan fingerprint density at radius 3 is 2.36 bits per heavy atom. The number of carbonyl (C=O) groups is 3. The molecule has 1 atom stereocenters. The minimum absolute atomic E-state index is 0.0213. The first kappa shape index (κ1) is 28.2. The summed E-state index contributed by atoms with van der Waals surface area (Å²) in [6.45, 7) is 9.18. The summed E-state index contributed by atoms with van der Waals surface area (Å²) >= 11 is 0. The van der Waals surface area contributed by atoms with Crippen molar-refractivity contribution in [1.82, 2.24) is 14.4 Å². The number of aryl methyl sites for hydroxylation is 1. The first-order valence-electron chi connectivity index (χ1n) is 13.0. The van der Waals surface area contributed by atoms with Gasteiger partial charge in [-0.1, -0.05) is 12.1 Å². The van der Waals surface area contributed by atoms with E-state index in [1.54, 1.807) is 30.3 Å². The summed E-state index contributed by atoms with van der Waals surface area (Å²) in [7, 11) is 4.78. The van der Waals surface area contributed by atoms with Gasteiger partial charge in [0, 0.05) is 43.8 Å². The van der Waals surface area contributed by atoms with Crippen molar-refractivity contribution >= 4 is 28.9 Å². The van der Waals surface area contributed by atoms with Crippen LogP contribution in [0, 0.1) is 6.92 Å². The molecule has 1 fully saturated rings. The van der Waals surface area contributed by atoms with Crippen molar-refractivity contribution in [3.63, 3.8) is 0 Å². The van der Waals surface area contributed by atoms with Crippen molar-refractivity contribution in [2.24, 2.45) is 0 Å². The Kier molecular flexibility index (Phi) is 8.02. The lowest BCUT2D eigenvalue weighted by molar-refractivity contribution is -0.134. The molecule has 1 unspecified atom stereocenters. The highest BCUT2D eigenvalue weighted by molar-refractivity contribution is 5.95. The minimum Gasteiger partial charge on any atom is -0.496 e. The molecule has 208 valence electrons. The van der Waals surface area contributed by atoms with Gasteiger partial charge in [-0.2, -0.15) is 0 Å². The number of rotatable bonds is 5. The molecule has 0 aliphatic carbocycles. The monoisotopic (exact) mass is 535 g/mol. The van der Waals surface area contributed by atoms with E-state index in [-0.39, 0.29) is 5.91 Å². The third kappa shape index (κ3) is 5.78. The van der Waals surface area contributed by atoms with Crippen LogP contribution < -0.4 is 4.74 Å². The number of fused-ring (bicyclic) bond motifs is 1. The van der Waals surface area contributed by atoms with Gasteiger partial charge >= 0.3 is 12.1 Å². The van der Waals surface area contributed by atoms with Crippen molar-refractivity contribution in [3.05, 3.63) is 64.8 Å². The number of hydrogen-bond donors (Lipinski definition) is 0. The number of amides is 1. The van der Waals surface area contributed by atoms with Crippen molar-refractivity contribution in [2.75, 3.05) is 34.4 Å². The highest BCUT2D eigenvalue weighted by atomic mass is 16.6. The molecule has 4 rings (SSSR count). The number of esters is 1. The van der Waals surface area contributed by atoms with Gasteiger partial charge < -0.3 is 19.1 Å². The van der Waals surface area contributed by atoms with Crippen LogP contribution in [-0.2, 0) is 20.8 Å². The third-order valence-electron chi connectivity index (χ3n) is 6.96. The van der Waals surface area contributed by atoms with Crippen LogP contribution in [0.2, 0.25) is 0 Å². The van der Waals surface area contributed by atoms with Gasteiger partial charge in [0.1, 0.15) is 17.4 Å². The standard InChI is InChI=1S/C30H37N3O6/c1-19-17-24(37-6)23(22-13-16-33(25(19)22)29(36)39-30(2,3)4)18-32-15-8-14-31(5)27(34)26(32)20-9-11-21(12-10-20)28(35)38-7/h9-13,16-17,26H,8,14-15,18H2,1-7H3. The fourth-order valence-corrected chi connectivity index (χ4v) is 5.13. The molecule has 2 aromatic carbocycles. The van der Waals surface area contributed by atoms with Crippen molar-refractivity contribution in [1.29, 1.82) is 0 Å². The Hall–Kier alpha value is -3.85. The van der Waals surface area contributed by atoms with Gasteiger partial charge in [0.2, 0.25) is 5.91 Å². The second-order valence-corrected chi connectivity index (χ2v) is 10.9. The maximum absolute atomic E-state index is 13.6. The predicted octanol–water partition coefficient (Wildman–Crippen LogP) is 4.93. The summed E-state index contributed by atoms with van der Waals surface area (Å²) in [5.74, 6) is 0.239. The number of aromatic nitrogens is 1. The van der Waals surface area contributed by atoms with Crippen LogP contribution in [0.5, 0.6) is 5.75 Å². The first-order valence-corrected chi connectivity index (χ1v) is 13.0. The van der Waals surface area contributed by atoms with E-state index in [9.17, 15) is 14.4 Å². The molecule has 39 heavy (non-hydrogen) atoms. The average Bonchev–Trinajstić information content (AvgIpc) is 3.29. The van der Waals surface area contributed by atoms with E-state index in [1.165, 1.54) is 11.7 Å². The lowest BCUT2D eigenvalue weighted by Crippen LogP contribution is -2.38. The zero-order valence-corrected chi connectivity index (χ0v) is 23.7. The van der Waals surface area contributed by atoms with Crippen molar-refractivity contribution < 1.29 is 28.6 Å². The predicted molar refractivity (Wildman–Crippen MR) is 148 cm³/mol. The lowest BCUT2D eigenvalue weighted by Gasteiger charge is -2.31. The molecule has 9 heteroatoms. The van der Waals surface area contributed by atoms with E-state index < -0.39 is 23.7 Å². The van der Waals surface area contributed by atoms with Gasteiger partial charge in [0.15, 0.2) is 0 Å². The molecule has 1 amide bonds. The molecular formula is C30H37N3O6. The fraction of sp³-hybridized carbons (Fsp3) is 0.433. The average molecular weight is 536 g/mol. The number of hydrogen-bond acceptors (Lipinski definition) is 7. The van der Waals surface area contributed by atoms with E-state index in [2.05, 4.69) is 4.90 Å². The molecular weight excluding hydrogens is 498 g/mol. The van der Waals surface area contributed by atoms with Gasteiger partial charge in [-0.15, -0.1) is 0 Å². The van der Waals surface area contributed by atoms with Crippen molar-refractivity contribution in [3.8, 4) is 5.75 Å². The summed E-state index contributed by atoms with van der Waals surface area (Å²) in [5, 5.41) is 0.863. The summed E-state index contributed by atoms with van der Waals surface area (Å²) in [6.07, 6.45) is 2.07. The Bertz CT molecular complexity index is 1390. The van der Waals surface area contributed by atoms with Crippen LogP contribution in [-0.4, -0.2) is 72.3 Å². The second-order valence-electron chi connectivity index (χ2n) is 10.9. The zero-order chi connectivity index (χ0) is 28.5. The van der Waals surface area contributed by atoms with E-state index in [0.29, 0.717) is 30.9 Å². The molecule has 3 aromatic rings. The quantitative estimate of drug-likeness (QED) is 0.428. The summed E-state index contributed by atoms with van der Waals surface area (Å²) < 4.78 is 17.8. The molecule has 1 aromatic heterocycles. The van der Waals surface area contributed by atoms with E-state index in [0.717, 1.165) is 34.0 Å². The number of methoxy groups -OCH3 is 2. The first-order chi connectivity index (χ1) is 18.4. The second kappa shape index (κ2) is 11.1. The molecule has 0 N–H and O–H groups in total. The number of benzene rings is 2. The van der Waals surface area contributed by atoms with Crippen LogP contribution >= 0.6 is 0 Å². The largest absolute Gasteiger partial charge is 0.496 e. The highest BCUT2D eigenvalue weighted by Gasteiger charge is 2.34. The number of likely N-dealkylation sites (N-methyl/N-ethyl adjacent to an activating group) is 1. The molecule has 0 bridgehead atoms. The van der Waals surface area contributed by atoms with Crippen LogP contribution in [0.4, 0.5) is 4.79 Å². The summed E-state index contributed by atoms with van der Waals surface area (Å²) in [6, 6.07) is 10.2. The SMILES string of the molecule is COC(=O)c1ccc(C2C(=O)N(C)CCCN2Cc2c(OC)cc(C)c3c2ccn3C(=O)OC(C)(C)C)cc1. The van der Waals surface area contributed by atoms with Crippen LogP contribution in [0.1, 0.15) is 60.3 Å². The number of ether oxygens (including phenoxy) is 3. The van der Waals surface area contributed by atoms with Crippen LogP contribution in [0.3, 0.4) is 0 Å². The Morgan fingerprint density at radius 1 is 1.05 bits per heavy atom. The molecule has 1 saturated heterocycles. The van der Waals surface area contributed by atoms with Gasteiger partial charge in [-0.25, -0.2) is 9.59 Å². The van der Waals surface area contributed by atoms with E-state index in [4.69, 9.17) is 14.2 Å². The van der Waals surface area contributed by atoms with Gasteiger partial charge in [0.05, 0.1) is 25.3 Å². The van der Waals surface area contributed by atoms with Gasteiger partial charge in [-0.05, 0) is 69.5 Å². The topological polar surface area (TPSA) is 90.3 Å². The normalized spacial score (nSPS) is 16.7. The van der Waals surface area contributed by atoms with Gasteiger partial charge in [0.25, 0.3) is 0 Å². The molecule has 1 aliphatic rings. The molecule has 0 radical (unpaired) electrons. The van der Waals surface area contributed by atoms with Crippen LogP contribution in [0.25, 0.3) is 10.9 Å². The Morgan fingerprint density at radius 2 is 1.74 bits per heavy atom. The zero-order valence-electron chi connectivity index (χ0n) is 23.7. The molecule has 9 nitrogen and oxygen atoms in total. The maximum atomic E-state index is 13.6. The minimum atomic E-state index is -0.633. The molecule has 0 spiro atoms. The van der Waals surface area contributed by atoms with E-state index >= 15 is 0 Å². The number of carbonyl (C=O) groups excluding carboxylic acids is 3. The third-order valence-corrected chi connectivity index (χ3v) is 6.96. The number of nitrogens with zero attached hydrogens (tertiary/aromatic N) is 3. The highest BCUT2D eigenvalue weighted by Crippen LogP contribution is 2.36. The smallest absolute Gasteiger partial charge is 0.419 e. The molecule has 2 heterocycles. The van der Waals surface area contributed by atoms with Gasteiger partial charge in [-0.3, -0.25) is 14.3 Å². The summed E-state index contributed by atoms with van der Waals surface area (Å²) in [4.78, 5) is 42.5. The summed E-state index contributed by atoms with van der Waals surface area (Å²) in [5.41, 5.74) is 3.09. The Labute approximate surface area is 229 Å². The van der Waals surface area contributed by atoms with E-state index in [1.807, 2.05) is 59.0 Å². The van der Waals surface area contributed by atoms with Crippen LogP contribution in [0.15, 0.2) is 42.6 Å². The lowest BCUT2D eigenvalue weighted by atomic mass is 9.99.